The lowest BCUT2D eigenvalue weighted by Gasteiger charge is -2.22. The van der Waals surface area contributed by atoms with Crippen molar-refractivity contribution in [2.75, 3.05) is 18.4 Å². The van der Waals surface area contributed by atoms with E-state index in [4.69, 9.17) is 0 Å². The minimum Gasteiger partial charge on any atom is -0.319 e. The van der Waals surface area contributed by atoms with Crippen LogP contribution in [0.1, 0.15) is 48.1 Å². The Labute approximate surface area is 145 Å². The second-order valence-corrected chi connectivity index (χ2v) is 7.66. The van der Waals surface area contributed by atoms with Crippen LogP contribution in [0.3, 0.4) is 0 Å². The van der Waals surface area contributed by atoms with Crippen LogP contribution in [0.5, 0.6) is 0 Å². The number of likely N-dealkylation sites (tertiary alicyclic amines) is 1. The highest BCUT2D eigenvalue weighted by Crippen LogP contribution is 2.31. The number of carbonyl (C=O) groups excluding carboxylic acids is 1. The van der Waals surface area contributed by atoms with Crippen LogP contribution in [0.25, 0.3) is 0 Å². The Balaban J connectivity index is 1.40. The van der Waals surface area contributed by atoms with Crippen LogP contribution in [-0.2, 0) is 24.7 Å². The van der Waals surface area contributed by atoms with E-state index in [2.05, 4.69) is 25.4 Å². The van der Waals surface area contributed by atoms with Gasteiger partial charge in [-0.25, -0.2) is 4.98 Å². The van der Waals surface area contributed by atoms with Gasteiger partial charge in [-0.05, 0) is 45.1 Å². The van der Waals surface area contributed by atoms with Crippen molar-refractivity contribution in [3.05, 3.63) is 22.7 Å². The van der Waals surface area contributed by atoms with E-state index in [-0.39, 0.29) is 11.9 Å². The van der Waals surface area contributed by atoms with Crippen molar-refractivity contribution < 1.29 is 4.79 Å². The highest BCUT2D eigenvalue weighted by atomic mass is 32.1. The predicted octanol–water partition coefficient (Wildman–Crippen LogP) is 1.93. The molecule has 3 heterocycles. The standard InChI is InChI=1S/C16H22N6OS/c1-21-10-17-20-15(21)12-6-4-8-22(12)9-14(23)19-16-18-11-5-2-3-7-13(11)24-16/h10,12H,2-9H2,1H3,(H,18,19,23). The molecule has 2 aliphatic rings. The van der Waals surface area contributed by atoms with Gasteiger partial charge in [0, 0.05) is 11.9 Å². The van der Waals surface area contributed by atoms with E-state index >= 15 is 0 Å². The van der Waals surface area contributed by atoms with E-state index in [1.807, 2.05) is 11.6 Å². The molecule has 1 amide bonds. The summed E-state index contributed by atoms with van der Waals surface area (Å²) < 4.78 is 1.94. The first kappa shape index (κ1) is 15.7. The summed E-state index contributed by atoms with van der Waals surface area (Å²) in [5.41, 5.74) is 1.18. The molecule has 1 aliphatic carbocycles. The van der Waals surface area contributed by atoms with Crippen LogP contribution >= 0.6 is 11.3 Å². The van der Waals surface area contributed by atoms with Gasteiger partial charge in [-0.2, -0.15) is 0 Å². The van der Waals surface area contributed by atoms with Crippen molar-refractivity contribution >= 4 is 22.4 Å². The van der Waals surface area contributed by atoms with Crippen molar-refractivity contribution in [3.63, 3.8) is 0 Å². The first-order valence-electron chi connectivity index (χ1n) is 8.57. The third-order valence-corrected chi connectivity index (χ3v) is 5.92. The van der Waals surface area contributed by atoms with Crippen molar-refractivity contribution in [2.45, 2.75) is 44.6 Å². The number of aryl methyl sites for hydroxylation is 3. The lowest BCUT2D eigenvalue weighted by Crippen LogP contribution is -2.33. The van der Waals surface area contributed by atoms with Gasteiger partial charge >= 0.3 is 0 Å². The van der Waals surface area contributed by atoms with Crippen molar-refractivity contribution in [1.29, 1.82) is 0 Å². The average molecular weight is 346 g/mol. The number of hydrogen-bond donors (Lipinski definition) is 1. The third kappa shape index (κ3) is 3.08. The Morgan fingerprint density at radius 3 is 3.04 bits per heavy atom. The lowest BCUT2D eigenvalue weighted by atomic mass is 10.0. The number of carbonyl (C=O) groups is 1. The van der Waals surface area contributed by atoms with E-state index in [0.717, 1.165) is 43.2 Å². The summed E-state index contributed by atoms with van der Waals surface area (Å²) in [5, 5.41) is 11.9. The number of aromatic nitrogens is 4. The summed E-state index contributed by atoms with van der Waals surface area (Å²) in [6.45, 7) is 1.29. The van der Waals surface area contributed by atoms with Crippen LogP contribution < -0.4 is 5.32 Å². The molecule has 0 bridgehead atoms. The monoisotopic (exact) mass is 346 g/mol. The smallest absolute Gasteiger partial charge is 0.240 e. The van der Waals surface area contributed by atoms with Crippen molar-refractivity contribution in [3.8, 4) is 0 Å². The van der Waals surface area contributed by atoms with Crippen LogP contribution in [-0.4, -0.2) is 43.6 Å². The molecule has 1 saturated heterocycles. The topological polar surface area (TPSA) is 75.9 Å². The first-order chi connectivity index (χ1) is 11.7. The van der Waals surface area contributed by atoms with Gasteiger partial charge in [0.2, 0.25) is 5.91 Å². The Morgan fingerprint density at radius 1 is 1.38 bits per heavy atom. The lowest BCUT2D eigenvalue weighted by molar-refractivity contribution is -0.117. The van der Waals surface area contributed by atoms with E-state index in [1.54, 1.807) is 17.7 Å². The zero-order valence-corrected chi connectivity index (χ0v) is 14.7. The molecule has 1 unspecified atom stereocenters. The fraction of sp³-hybridized carbons (Fsp3) is 0.625. The Kier molecular flexibility index (Phi) is 4.32. The number of thiazole rings is 1. The third-order valence-electron chi connectivity index (χ3n) is 4.85. The Bertz CT molecular complexity index is 715. The van der Waals surface area contributed by atoms with Gasteiger partial charge in [0.25, 0.3) is 0 Å². The summed E-state index contributed by atoms with van der Waals surface area (Å²) in [7, 11) is 1.95. The maximum absolute atomic E-state index is 12.5. The van der Waals surface area contributed by atoms with Gasteiger partial charge in [-0.3, -0.25) is 9.69 Å². The summed E-state index contributed by atoms with van der Waals surface area (Å²) in [4.78, 5) is 20.6. The quantitative estimate of drug-likeness (QED) is 0.915. The number of amides is 1. The minimum absolute atomic E-state index is 0.00941. The number of anilines is 1. The van der Waals surface area contributed by atoms with E-state index < -0.39 is 0 Å². The normalized spacial score (nSPS) is 21.0. The second-order valence-electron chi connectivity index (χ2n) is 6.57. The molecule has 0 saturated carbocycles. The molecule has 2 aromatic rings. The average Bonchev–Trinajstić information content (AvgIpc) is 3.26. The van der Waals surface area contributed by atoms with Gasteiger partial charge < -0.3 is 9.88 Å². The molecule has 8 heteroatoms. The SMILES string of the molecule is Cn1cnnc1C1CCCN1CC(=O)Nc1nc2c(s1)CCCC2. The fourth-order valence-corrected chi connectivity index (χ4v) is 4.72. The van der Waals surface area contributed by atoms with Crippen LogP contribution in [0.2, 0.25) is 0 Å². The number of hydrogen-bond acceptors (Lipinski definition) is 6. The number of rotatable bonds is 4. The van der Waals surface area contributed by atoms with Crippen LogP contribution in [0, 0.1) is 0 Å². The maximum atomic E-state index is 12.5. The maximum Gasteiger partial charge on any atom is 0.240 e. The highest BCUT2D eigenvalue weighted by Gasteiger charge is 2.30. The molecule has 1 aliphatic heterocycles. The van der Waals surface area contributed by atoms with Gasteiger partial charge in [0.05, 0.1) is 18.3 Å². The Hall–Kier alpha value is -1.80. The molecule has 1 fully saturated rings. The zero-order valence-electron chi connectivity index (χ0n) is 13.9. The molecule has 4 rings (SSSR count). The summed E-state index contributed by atoms with van der Waals surface area (Å²) in [6, 6.07) is 0.174. The molecule has 7 nitrogen and oxygen atoms in total. The first-order valence-corrected chi connectivity index (χ1v) is 9.39. The number of nitrogens with zero attached hydrogens (tertiary/aromatic N) is 5. The molecular weight excluding hydrogens is 324 g/mol. The molecule has 1 atom stereocenters. The molecule has 128 valence electrons. The molecule has 24 heavy (non-hydrogen) atoms. The van der Waals surface area contributed by atoms with Crippen molar-refractivity contribution in [2.24, 2.45) is 7.05 Å². The van der Waals surface area contributed by atoms with Gasteiger partial charge in [-0.1, -0.05) is 0 Å². The van der Waals surface area contributed by atoms with Crippen LogP contribution in [0.4, 0.5) is 5.13 Å². The molecule has 0 aromatic carbocycles. The van der Waals surface area contributed by atoms with Gasteiger partial charge in [-0.15, -0.1) is 21.5 Å². The molecule has 2 aromatic heterocycles. The van der Waals surface area contributed by atoms with E-state index in [9.17, 15) is 4.79 Å². The molecule has 1 N–H and O–H groups in total. The molecule has 0 spiro atoms. The largest absolute Gasteiger partial charge is 0.319 e. The highest BCUT2D eigenvalue weighted by molar-refractivity contribution is 7.15. The van der Waals surface area contributed by atoms with E-state index in [1.165, 1.54) is 23.4 Å². The van der Waals surface area contributed by atoms with Gasteiger partial charge in [0.1, 0.15) is 12.2 Å². The predicted molar refractivity (Wildman–Crippen MR) is 91.9 cm³/mol. The fourth-order valence-electron chi connectivity index (χ4n) is 3.65. The zero-order chi connectivity index (χ0) is 16.5. The van der Waals surface area contributed by atoms with Crippen LogP contribution in [0.15, 0.2) is 6.33 Å². The summed E-state index contributed by atoms with van der Waals surface area (Å²) in [6.07, 6.45) is 8.39. The minimum atomic E-state index is 0.00941. The van der Waals surface area contributed by atoms with Gasteiger partial charge in [0.15, 0.2) is 5.13 Å². The number of fused-ring (bicyclic) bond motifs is 1. The summed E-state index contributed by atoms with van der Waals surface area (Å²) >= 11 is 1.63. The molecule has 0 radical (unpaired) electrons. The van der Waals surface area contributed by atoms with E-state index in [0.29, 0.717) is 6.54 Å². The summed E-state index contributed by atoms with van der Waals surface area (Å²) in [5.74, 6) is 0.945. The van der Waals surface area contributed by atoms with Crippen molar-refractivity contribution in [1.82, 2.24) is 24.6 Å². The second kappa shape index (κ2) is 6.60. The Morgan fingerprint density at radius 2 is 2.25 bits per heavy atom. The molecular formula is C16H22N6OS. The number of nitrogens with one attached hydrogen (secondary N) is 1.